The Labute approximate surface area is 84.9 Å². The molecule has 0 fully saturated rings. The van der Waals surface area contributed by atoms with E-state index in [1.807, 2.05) is 30.3 Å². The van der Waals surface area contributed by atoms with E-state index >= 15 is 0 Å². The summed E-state index contributed by atoms with van der Waals surface area (Å²) in [5.74, 6) is 0. The van der Waals surface area contributed by atoms with Crippen LogP contribution in [0.3, 0.4) is 0 Å². The average molecular weight is 186 g/mol. The fraction of sp³-hybridized carbons (Fsp3) is 0.250. The van der Waals surface area contributed by atoms with Gasteiger partial charge in [0, 0.05) is 6.54 Å². The molecule has 1 rings (SSSR count). The third-order valence-electron chi connectivity index (χ3n) is 1.91. The maximum absolute atomic E-state index is 8.69. The molecule has 0 radical (unpaired) electrons. The minimum absolute atomic E-state index is 0.716. The lowest BCUT2D eigenvalue weighted by Gasteiger charge is -2.02. The van der Waals surface area contributed by atoms with Crippen LogP contribution in [-0.4, -0.2) is 6.54 Å². The molecule has 2 nitrogen and oxygen atoms in total. The molecular formula is C12H14N2. The van der Waals surface area contributed by atoms with E-state index in [2.05, 4.69) is 18.0 Å². The molecule has 1 N–H and O–H groups in total. The summed E-state index contributed by atoms with van der Waals surface area (Å²) in [4.78, 5) is 0. The Hall–Kier alpha value is -1.59. The van der Waals surface area contributed by atoms with Gasteiger partial charge >= 0.3 is 0 Å². The molecule has 1 aromatic rings. The zero-order chi connectivity index (χ0) is 10.2. The molecule has 0 heterocycles. The topological polar surface area (TPSA) is 35.8 Å². The summed E-state index contributed by atoms with van der Waals surface area (Å²) in [6.45, 7) is 5.39. The average Bonchev–Trinajstić information content (AvgIpc) is 2.25. The van der Waals surface area contributed by atoms with Gasteiger partial charge < -0.3 is 5.32 Å². The molecule has 14 heavy (non-hydrogen) atoms. The first-order valence-corrected chi connectivity index (χ1v) is 4.67. The summed E-state index contributed by atoms with van der Waals surface area (Å²) in [6, 6.07) is 9.76. The second-order valence-corrected chi connectivity index (χ2v) is 3.07. The smallest absolute Gasteiger partial charge is 0.0991 e. The fourth-order valence-corrected chi connectivity index (χ4v) is 1.19. The molecule has 0 atom stereocenters. The molecule has 0 spiro atoms. The molecule has 0 saturated heterocycles. The molecular weight excluding hydrogens is 172 g/mol. The van der Waals surface area contributed by atoms with Gasteiger partial charge in [0.05, 0.1) is 11.6 Å². The summed E-state index contributed by atoms with van der Waals surface area (Å²) in [5.41, 5.74) is 1.86. The van der Waals surface area contributed by atoms with Crippen LogP contribution in [0.1, 0.15) is 17.5 Å². The highest BCUT2D eigenvalue weighted by atomic mass is 14.8. The number of nitrogens with one attached hydrogen (secondary N) is 1. The van der Waals surface area contributed by atoms with Gasteiger partial charge in [0.15, 0.2) is 0 Å². The van der Waals surface area contributed by atoms with Gasteiger partial charge in [-0.15, -0.1) is 6.58 Å². The number of rotatable bonds is 5. The number of nitriles is 1. The zero-order valence-corrected chi connectivity index (χ0v) is 8.16. The zero-order valence-electron chi connectivity index (χ0n) is 8.16. The Morgan fingerprint density at radius 3 is 3.07 bits per heavy atom. The van der Waals surface area contributed by atoms with Crippen molar-refractivity contribution < 1.29 is 0 Å². The van der Waals surface area contributed by atoms with E-state index < -0.39 is 0 Å². The van der Waals surface area contributed by atoms with Crippen molar-refractivity contribution in [1.82, 2.24) is 5.32 Å². The Kier molecular flexibility index (Phi) is 4.46. The summed E-state index contributed by atoms with van der Waals surface area (Å²) in [6.07, 6.45) is 2.86. The van der Waals surface area contributed by atoms with E-state index in [1.54, 1.807) is 0 Å². The normalized spacial score (nSPS) is 9.36. The maximum Gasteiger partial charge on any atom is 0.0991 e. The Morgan fingerprint density at radius 1 is 1.50 bits per heavy atom. The van der Waals surface area contributed by atoms with Crippen LogP contribution in [0.5, 0.6) is 0 Å². The molecule has 0 saturated carbocycles. The van der Waals surface area contributed by atoms with Crippen molar-refractivity contribution in [3.8, 4) is 6.07 Å². The van der Waals surface area contributed by atoms with Crippen LogP contribution in [0.4, 0.5) is 0 Å². The van der Waals surface area contributed by atoms with Crippen molar-refractivity contribution >= 4 is 0 Å². The highest BCUT2D eigenvalue weighted by molar-refractivity contribution is 5.32. The maximum atomic E-state index is 8.69. The van der Waals surface area contributed by atoms with Crippen LogP contribution in [0.2, 0.25) is 0 Å². The van der Waals surface area contributed by atoms with Crippen LogP contribution < -0.4 is 5.32 Å². The number of hydrogen-bond donors (Lipinski definition) is 1. The quantitative estimate of drug-likeness (QED) is 0.565. The Balaban J connectivity index is 2.43. The van der Waals surface area contributed by atoms with Gasteiger partial charge in [-0.2, -0.15) is 5.26 Å². The Morgan fingerprint density at radius 2 is 2.36 bits per heavy atom. The van der Waals surface area contributed by atoms with Crippen LogP contribution in [0.15, 0.2) is 36.9 Å². The number of hydrogen-bond acceptors (Lipinski definition) is 2. The van der Waals surface area contributed by atoms with Crippen LogP contribution >= 0.6 is 0 Å². The molecule has 0 amide bonds. The highest BCUT2D eigenvalue weighted by Crippen LogP contribution is 2.03. The standard InChI is InChI=1S/C12H14N2/c1-2-3-7-14-10-12-6-4-5-11(8-12)9-13/h2,4-6,8,14H,1,3,7,10H2. The first-order chi connectivity index (χ1) is 6.86. The molecule has 72 valence electrons. The minimum atomic E-state index is 0.716. The molecule has 0 aromatic heterocycles. The van der Waals surface area contributed by atoms with Gasteiger partial charge in [-0.05, 0) is 30.7 Å². The molecule has 0 aliphatic carbocycles. The Bertz CT molecular complexity index is 336. The molecule has 0 aliphatic rings. The van der Waals surface area contributed by atoms with Crippen LogP contribution in [-0.2, 0) is 6.54 Å². The molecule has 1 aromatic carbocycles. The predicted octanol–water partition coefficient (Wildman–Crippen LogP) is 2.22. The molecule has 2 heteroatoms. The third kappa shape index (κ3) is 3.42. The summed E-state index contributed by atoms with van der Waals surface area (Å²) < 4.78 is 0. The third-order valence-corrected chi connectivity index (χ3v) is 1.91. The molecule has 0 aliphatic heterocycles. The highest BCUT2D eigenvalue weighted by Gasteiger charge is 1.93. The monoisotopic (exact) mass is 186 g/mol. The van der Waals surface area contributed by atoms with E-state index in [-0.39, 0.29) is 0 Å². The summed E-state index contributed by atoms with van der Waals surface area (Å²) >= 11 is 0. The van der Waals surface area contributed by atoms with Gasteiger partial charge in [0.25, 0.3) is 0 Å². The van der Waals surface area contributed by atoms with Gasteiger partial charge in [0.1, 0.15) is 0 Å². The SMILES string of the molecule is C=CCCNCc1cccc(C#N)c1. The van der Waals surface area contributed by atoms with E-state index in [1.165, 1.54) is 0 Å². The first kappa shape index (κ1) is 10.5. The van der Waals surface area contributed by atoms with E-state index in [4.69, 9.17) is 5.26 Å². The van der Waals surface area contributed by atoms with Gasteiger partial charge in [0.2, 0.25) is 0 Å². The van der Waals surface area contributed by atoms with Crippen molar-refractivity contribution in [2.75, 3.05) is 6.54 Å². The van der Waals surface area contributed by atoms with E-state index in [9.17, 15) is 0 Å². The number of nitrogens with zero attached hydrogens (tertiary/aromatic N) is 1. The van der Waals surface area contributed by atoms with E-state index in [0.717, 1.165) is 25.1 Å². The van der Waals surface area contributed by atoms with Crippen molar-refractivity contribution in [2.45, 2.75) is 13.0 Å². The number of benzene rings is 1. The fourth-order valence-electron chi connectivity index (χ4n) is 1.19. The van der Waals surface area contributed by atoms with Crippen molar-refractivity contribution in [3.05, 3.63) is 48.0 Å². The largest absolute Gasteiger partial charge is 0.312 e. The predicted molar refractivity (Wildman–Crippen MR) is 57.7 cm³/mol. The summed E-state index contributed by atoms with van der Waals surface area (Å²) in [5, 5.41) is 12.0. The second-order valence-electron chi connectivity index (χ2n) is 3.07. The van der Waals surface area contributed by atoms with Gasteiger partial charge in [-0.3, -0.25) is 0 Å². The second kappa shape index (κ2) is 5.95. The summed E-state index contributed by atoms with van der Waals surface area (Å²) in [7, 11) is 0. The molecule has 0 bridgehead atoms. The first-order valence-electron chi connectivity index (χ1n) is 4.67. The van der Waals surface area contributed by atoms with E-state index in [0.29, 0.717) is 5.56 Å². The van der Waals surface area contributed by atoms with Crippen molar-refractivity contribution in [3.63, 3.8) is 0 Å². The van der Waals surface area contributed by atoms with Gasteiger partial charge in [-0.1, -0.05) is 18.2 Å². The lowest BCUT2D eigenvalue weighted by molar-refractivity contribution is 0.696. The van der Waals surface area contributed by atoms with Crippen molar-refractivity contribution in [1.29, 1.82) is 5.26 Å². The molecule has 0 unspecified atom stereocenters. The minimum Gasteiger partial charge on any atom is -0.312 e. The van der Waals surface area contributed by atoms with Crippen LogP contribution in [0.25, 0.3) is 0 Å². The lowest BCUT2D eigenvalue weighted by atomic mass is 10.1. The lowest BCUT2D eigenvalue weighted by Crippen LogP contribution is -2.13. The van der Waals surface area contributed by atoms with Gasteiger partial charge in [-0.25, -0.2) is 0 Å². The van der Waals surface area contributed by atoms with Crippen LogP contribution in [0, 0.1) is 11.3 Å². The van der Waals surface area contributed by atoms with Crippen molar-refractivity contribution in [2.24, 2.45) is 0 Å².